The second-order valence-corrected chi connectivity index (χ2v) is 6.41. The third-order valence-corrected chi connectivity index (χ3v) is 4.23. The Morgan fingerprint density at radius 3 is 2.53 bits per heavy atom. The standard InChI is InChI=1S/C15H22N2OS/c1-10(2)9-17-14(18)8-13(16)15(17)11-4-6-12(19-3)7-5-11/h4-7,10,13,15H,8-9,16H2,1-3H3. The maximum absolute atomic E-state index is 12.1. The van der Waals surface area contributed by atoms with Crippen molar-refractivity contribution in [3.63, 3.8) is 0 Å². The fourth-order valence-electron chi connectivity index (χ4n) is 2.65. The van der Waals surface area contributed by atoms with Crippen molar-refractivity contribution in [2.75, 3.05) is 12.8 Å². The Bertz CT molecular complexity index is 444. The topological polar surface area (TPSA) is 46.3 Å². The van der Waals surface area contributed by atoms with Crippen molar-refractivity contribution in [2.45, 2.75) is 37.2 Å². The van der Waals surface area contributed by atoms with Crippen LogP contribution in [0.25, 0.3) is 0 Å². The zero-order chi connectivity index (χ0) is 14.0. The molecule has 0 spiro atoms. The van der Waals surface area contributed by atoms with E-state index in [1.807, 2.05) is 4.90 Å². The van der Waals surface area contributed by atoms with Gasteiger partial charge in [0.2, 0.25) is 5.91 Å². The molecule has 1 fully saturated rings. The lowest BCUT2D eigenvalue weighted by Gasteiger charge is -2.28. The van der Waals surface area contributed by atoms with E-state index in [9.17, 15) is 4.79 Å². The van der Waals surface area contributed by atoms with E-state index in [0.717, 1.165) is 12.1 Å². The molecule has 1 aliphatic rings. The Morgan fingerprint density at radius 1 is 1.37 bits per heavy atom. The fraction of sp³-hybridized carbons (Fsp3) is 0.533. The molecule has 1 aliphatic heterocycles. The van der Waals surface area contributed by atoms with Crippen molar-refractivity contribution < 1.29 is 4.79 Å². The Morgan fingerprint density at radius 2 is 2.00 bits per heavy atom. The molecule has 2 atom stereocenters. The number of nitrogens with two attached hydrogens (primary N) is 1. The quantitative estimate of drug-likeness (QED) is 0.861. The summed E-state index contributed by atoms with van der Waals surface area (Å²) in [6.07, 6.45) is 2.52. The maximum Gasteiger partial charge on any atom is 0.224 e. The molecule has 104 valence electrons. The van der Waals surface area contributed by atoms with Gasteiger partial charge >= 0.3 is 0 Å². The first-order chi connectivity index (χ1) is 9.02. The molecule has 2 N–H and O–H groups in total. The molecule has 1 heterocycles. The molecule has 1 aromatic rings. The molecule has 0 saturated carbocycles. The number of likely N-dealkylation sites (tertiary alicyclic amines) is 1. The number of benzene rings is 1. The van der Waals surface area contributed by atoms with Gasteiger partial charge in [0.25, 0.3) is 0 Å². The Labute approximate surface area is 119 Å². The van der Waals surface area contributed by atoms with Gasteiger partial charge < -0.3 is 10.6 Å². The summed E-state index contributed by atoms with van der Waals surface area (Å²) in [6, 6.07) is 8.34. The summed E-state index contributed by atoms with van der Waals surface area (Å²) in [5.74, 6) is 0.641. The largest absolute Gasteiger partial charge is 0.334 e. The SMILES string of the molecule is CSc1ccc(C2C(N)CC(=O)N2CC(C)C)cc1. The van der Waals surface area contributed by atoms with Crippen LogP contribution in [-0.2, 0) is 4.79 Å². The smallest absolute Gasteiger partial charge is 0.224 e. The minimum Gasteiger partial charge on any atom is -0.334 e. The van der Waals surface area contributed by atoms with Crippen LogP contribution in [0.15, 0.2) is 29.2 Å². The van der Waals surface area contributed by atoms with Gasteiger partial charge in [0.05, 0.1) is 6.04 Å². The predicted octanol–water partition coefficient (Wildman–Crippen LogP) is 2.67. The summed E-state index contributed by atoms with van der Waals surface area (Å²) in [5, 5.41) is 0. The fourth-order valence-corrected chi connectivity index (χ4v) is 3.06. The minimum atomic E-state index is -0.0913. The summed E-state index contributed by atoms with van der Waals surface area (Å²) < 4.78 is 0. The molecule has 4 heteroatoms. The van der Waals surface area contributed by atoms with Crippen LogP contribution >= 0.6 is 11.8 Å². The highest BCUT2D eigenvalue weighted by atomic mass is 32.2. The van der Waals surface area contributed by atoms with Gasteiger partial charge in [0.1, 0.15) is 0 Å². The van der Waals surface area contributed by atoms with Crippen LogP contribution in [0.2, 0.25) is 0 Å². The number of carbonyl (C=O) groups is 1. The maximum atomic E-state index is 12.1. The summed E-state index contributed by atoms with van der Waals surface area (Å²) in [5.41, 5.74) is 7.32. The van der Waals surface area contributed by atoms with Gasteiger partial charge in [-0.1, -0.05) is 26.0 Å². The molecular formula is C15H22N2OS. The summed E-state index contributed by atoms with van der Waals surface area (Å²) >= 11 is 1.72. The van der Waals surface area contributed by atoms with E-state index in [0.29, 0.717) is 12.3 Å². The van der Waals surface area contributed by atoms with Crippen molar-refractivity contribution in [3.05, 3.63) is 29.8 Å². The highest BCUT2D eigenvalue weighted by molar-refractivity contribution is 7.98. The van der Waals surface area contributed by atoms with Gasteiger partial charge in [-0.05, 0) is 29.9 Å². The van der Waals surface area contributed by atoms with E-state index in [-0.39, 0.29) is 18.0 Å². The van der Waals surface area contributed by atoms with Gasteiger partial charge in [0.15, 0.2) is 0 Å². The molecule has 19 heavy (non-hydrogen) atoms. The average molecular weight is 278 g/mol. The highest BCUT2D eigenvalue weighted by Crippen LogP contribution is 2.33. The van der Waals surface area contributed by atoms with Crippen molar-refractivity contribution in [2.24, 2.45) is 11.7 Å². The van der Waals surface area contributed by atoms with Crippen LogP contribution in [0.5, 0.6) is 0 Å². The van der Waals surface area contributed by atoms with Gasteiger partial charge in [-0.3, -0.25) is 4.79 Å². The molecule has 0 aromatic heterocycles. The van der Waals surface area contributed by atoms with Crippen LogP contribution < -0.4 is 5.73 Å². The molecule has 3 nitrogen and oxygen atoms in total. The Balaban J connectivity index is 2.25. The summed E-state index contributed by atoms with van der Waals surface area (Å²) in [7, 11) is 0. The van der Waals surface area contributed by atoms with Crippen LogP contribution in [0.3, 0.4) is 0 Å². The first-order valence-corrected chi connectivity index (χ1v) is 7.94. The summed E-state index contributed by atoms with van der Waals surface area (Å²) in [4.78, 5) is 15.3. The minimum absolute atomic E-state index is 0.0332. The van der Waals surface area contributed by atoms with E-state index in [1.165, 1.54) is 4.90 Å². The van der Waals surface area contributed by atoms with Gasteiger partial charge in [-0.2, -0.15) is 0 Å². The van der Waals surface area contributed by atoms with E-state index < -0.39 is 0 Å². The number of hydrogen-bond acceptors (Lipinski definition) is 3. The lowest BCUT2D eigenvalue weighted by Crippen LogP contribution is -2.35. The van der Waals surface area contributed by atoms with Gasteiger partial charge in [-0.25, -0.2) is 0 Å². The van der Waals surface area contributed by atoms with Crippen molar-refractivity contribution in [3.8, 4) is 0 Å². The van der Waals surface area contributed by atoms with E-state index >= 15 is 0 Å². The number of nitrogens with zero attached hydrogens (tertiary/aromatic N) is 1. The third kappa shape index (κ3) is 3.12. The molecule has 0 radical (unpaired) electrons. The number of carbonyl (C=O) groups excluding carboxylic acids is 1. The zero-order valence-corrected chi connectivity index (χ0v) is 12.6. The second-order valence-electron chi connectivity index (χ2n) is 5.53. The molecule has 1 saturated heterocycles. The Hall–Kier alpha value is -1.00. The highest BCUT2D eigenvalue weighted by Gasteiger charge is 2.38. The average Bonchev–Trinajstić information content (AvgIpc) is 2.64. The first-order valence-electron chi connectivity index (χ1n) is 6.72. The molecule has 1 amide bonds. The van der Waals surface area contributed by atoms with E-state index in [2.05, 4.69) is 44.4 Å². The lowest BCUT2D eigenvalue weighted by molar-refractivity contribution is -0.129. The third-order valence-electron chi connectivity index (χ3n) is 3.49. The summed E-state index contributed by atoms with van der Waals surface area (Å²) in [6.45, 7) is 5.04. The van der Waals surface area contributed by atoms with Crippen LogP contribution in [0, 0.1) is 5.92 Å². The zero-order valence-electron chi connectivity index (χ0n) is 11.8. The molecular weight excluding hydrogens is 256 g/mol. The van der Waals surface area contributed by atoms with Crippen LogP contribution in [-0.4, -0.2) is 29.6 Å². The molecule has 0 aliphatic carbocycles. The molecule has 0 bridgehead atoms. The molecule has 2 unspecified atom stereocenters. The van der Waals surface area contributed by atoms with Crippen LogP contribution in [0.4, 0.5) is 0 Å². The van der Waals surface area contributed by atoms with Crippen molar-refractivity contribution in [1.82, 2.24) is 4.90 Å². The van der Waals surface area contributed by atoms with E-state index in [4.69, 9.17) is 5.73 Å². The second kappa shape index (κ2) is 5.97. The van der Waals surface area contributed by atoms with Gasteiger partial charge in [-0.15, -0.1) is 11.8 Å². The predicted molar refractivity (Wildman–Crippen MR) is 80.1 cm³/mol. The number of amides is 1. The number of thioether (sulfide) groups is 1. The molecule has 2 rings (SSSR count). The number of rotatable bonds is 4. The molecule has 1 aromatic carbocycles. The number of hydrogen-bond donors (Lipinski definition) is 1. The van der Waals surface area contributed by atoms with Crippen molar-refractivity contribution in [1.29, 1.82) is 0 Å². The normalized spacial score (nSPS) is 23.4. The lowest BCUT2D eigenvalue weighted by atomic mass is 10.0. The van der Waals surface area contributed by atoms with Crippen molar-refractivity contribution >= 4 is 17.7 Å². The van der Waals surface area contributed by atoms with Crippen LogP contribution in [0.1, 0.15) is 31.9 Å². The first kappa shape index (κ1) is 14.4. The monoisotopic (exact) mass is 278 g/mol. The van der Waals surface area contributed by atoms with E-state index in [1.54, 1.807) is 11.8 Å². The Kier molecular flexibility index (Phi) is 4.53. The van der Waals surface area contributed by atoms with Gasteiger partial charge in [0, 0.05) is 23.9 Å².